The van der Waals surface area contributed by atoms with Crippen molar-refractivity contribution in [3.05, 3.63) is 64.0 Å². The zero-order chi connectivity index (χ0) is 21.1. The van der Waals surface area contributed by atoms with Crippen LogP contribution < -0.4 is 14.2 Å². The molecular formula is C20H20N4O5S. The Labute approximate surface area is 177 Å². The second-order valence-electron chi connectivity index (χ2n) is 6.53. The number of nitrogens with zero attached hydrogens (tertiary/aromatic N) is 4. The zero-order valence-corrected chi connectivity index (χ0v) is 17.3. The molecule has 0 fully saturated rings. The van der Waals surface area contributed by atoms with Gasteiger partial charge < -0.3 is 14.2 Å². The molecule has 0 spiro atoms. The van der Waals surface area contributed by atoms with Crippen LogP contribution >= 0.6 is 11.8 Å². The van der Waals surface area contributed by atoms with E-state index in [-0.39, 0.29) is 18.3 Å². The summed E-state index contributed by atoms with van der Waals surface area (Å²) in [7, 11) is 0. The van der Waals surface area contributed by atoms with E-state index in [0.717, 1.165) is 17.0 Å². The molecule has 0 unspecified atom stereocenters. The molecule has 0 bridgehead atoms. The van der Waals surface area contributed by atoms with Crippen molar-refractivity contribution in [2.75, 3.05) is 19.9 Å². The fourth-order valence-electron chi connectivity index (χ4n) is 3.16. The van der Waals surface area contributed by atoms with Crippen LogP contribution in [0.25, 0.3) is 5.69 Å². The minimum atomic E-state index is -0.473. The summed E-state index contributed by atoms with van der Waals surface area (Å²) in [6.45, 7) is 4.25. The Morgan fingerprint density at radius 3 is 2.70 bits per heavy atom. The molecule has 0 N–H and O–H groups in total. The van der Waals surface area contributed by atoms with Gasteiger partial charge in [0, 0.05) is 10.6 Å². The van der Waals surface area contributed by atoms with Gasteiger partial charge in [-0.3, -0.25) is 14.7 Å². The van der Waals surface area contributed by atoms with Crippen LogP contribution in [0, 0.1) is 17.0 Å². The van der Waals surface area contributed by atoms with Gasteiger partial charge in [0.05, 0.1) is 6.61 Å². The molecule has 1 aliphatic heterocycles. The molecule has 0 radical (unpaired) electrons. The number of ether oxygens (including phenoxy) is 3. The third-order valence-electron chi connectivity index (χ3n) is 4.53. The van der Waals surface area contributed by atoms with Crippen LogP contribution in [-0.2, 0) is 0 Å². The van der Waals surface area contributed by atoms with Gasteiger partial charge in [0.2, 0.25) is 13.3 Å². The number of nitro groups is 1. The molecule has 0 saturated heterocycles. The third-order valence-corrected chi connectivity index (χ3v) is 5.71. The number of rotatable bonds is 8. The van der Waals surface area contributed by atoms with Gasteiger partial charge in [-0.05, 0) is 55.8 Å². The van der Waals surface area contributed by atoms with Crippen molar-refractivity contribution in [3.63, 3.8) is 0 Å². The van der Waals surface area contributed by atoms with Crippen molar-refractivity contribution in [1.82, 2.24) is 14.8 Å². The topological polar surface area (TPSA) is 102 Å². The van der Waals surface area contributed by atoms with Gasteiger partial charge in [0.25, 0.3) is 0 Å². The highest BCUT2D eigenvalue weighted by Crippen LogP contribution is 2.40. The van der Waals surface area contributed by atoms with Gasteiger partial charge >= 0.3 is 0 Å². The number of aryl methyl sites for hydroxylation is 1. The normalized spacial score (nSPS) is 13.3. The number of thioether (sulfide) groups is 1. The summed E-state index contributed by atoms with van der Waals surface area (Å²) >= 11 is 1.29. The Hall–Kier alpha value is -3.27. The van der Waals surface area contributed by atoms with Crippen LogP contribution in [0.2, 0.25) is 0 Å². The fraction of sp³-hybridized carbons (Fsp3) is 0.300. The van der Waals surface area contributed by atoms with Gasteiger partial charge in [-0.15, -0.1) is 10.2 Å². The maximum Gasteiger partial charge on any atom is 0.231 e. The molecule has 2 aromatic carbocycles. The second kappa shape index (κ2) is 8.62. The number of fused-ring (bicyclic) bond motifs is 1. The van der Waals surface area contributed by atoms with E-state index in [4.69, 9.17) is 14.2 Å². The maximum atomic E-state index is 11.3. The van der Waals surface area contributed by atoms with E-state index in [1.54, 1.807) is 12.1 Å². The molecule has 0 amide bonds. The van der Waals surface area contributed by atoms with Crippen LogP contribution in [-0.4, -0.2) is 39.6 Å². The first kappa shape index (κ1) is 20.0. The fourth-order valence-corrected chi connectivity index (χ4v) is 4.33. The summed E-state index contributed by atoms with van der Waals surface area (Å²) in [4.78, 5) is 11.0. The van der Waals surface area contributed by atoms with E-state index in [1.807, 2.05) is 48.7 Å². The highest BCUT2D eigenvalue weighted by Gasteiger charge is 2.26. The lowest BCUT2D eigenvalue weighted by Gasteiger charge is -2.15. The van der Waals surface area contributed by atoms with Crippen molar-refractivity contribution in [3.8, 4) is 22.9 Å². The molecule has 10 heteroatoms. The predicted molar refractivity (Wildman–Crippen MR) is 110 cm³/mol. The molecule has 0 saturated carbocycles. The lowest BCUT2D eigenvalue weighted by atomic mass is 10.1. The summed E-state index contributed by atoms with van der Waals surface area (Å²) < 4.78 is 18.1. The molecule has 9 nitrogen and oxygen atoms in total. The monoisotopic (exact) mass is 428 g/mol. The number of hydrogen-bond acceptors (Lipinski definition) is 8. The van der Waals surface area contributed by atoms with Crippen molar-refractivity contribution in [2.45, 2.75) is 24.3 Å². The Morgan fingerprint density at radius 1 is 1.20 bits per heavy atom. The van der Waals surface area contributed by atoms with Crippen LogP contribution in [0.1, 0.15) is 23.6 Å². The number of aromatic nitrogens is 3. The molecule has 3 aromatic rings. The lowest BCUT2D eigenvalue weighted by molar-refractivity contribution is -0.479. The molecule has 2 heterocycles. The molecule has 1 aromatic heterocycles. The SMILES string of the molecule is CCOc1ccc(-n2c(C)nnc2S[C@H](C[N+](=O)[O-])c2ccc3c(c2)OCO3)cc1. The summed E-state index contributed by atoms with van der Waals surface area (Å²) in [5.74, 6) is 2.68. The van der Waals surface area contributed by atoms with E-state index in [1.165, 1.54) is 11.8 Å². The van der Waals surface area contributed by atoms with Crippen molar-refractivity contribution in [2.24, 2.45) is 0 Å². The van der Waals surface area contributed by atoms with Crippen LogP contribution in [0.3, 0.4) is 0 Å². The Bertz CT molecular complexity index is 1050. The van der Waals surface area contributed by atoms with Gasteiger partial charge in [-0.25, -0.2) is 0 Å². The summed E-state index contributed by atoms with van der Waals surface area (Å²) in [5.41, 5.74) is 1.62. The largest absolute Gasteiger partial charge is 0.494 e. The first-order valence-electron chi connectivity index (χ1n) is 9.38. The molecule has 1 aliphatic rings. The average Bonchev–Trinajstić information content (AvgIpc) is 3.34. The Kier molecular flexibility index (Phi) is 5.75. The summed E-state index contributed by atoms with van der Waals surface area (Å²) in [5, 5.41) is 19.9. The highest BCUT2D eigenvalue weighted by molar-refractivity contribution is 7.99. The van der Waals surface area contributed by atoms with E-state index in [0.29, 0.717) is 29.1 Å². The summed E-state index contributed by atoms with van der Waals surface area (Å²) in [6.07, 6.45) is 0. The molecular weight excluding hydrogens is 408 g/mol. The van der Waals surface area contributed by atoms with E-state index in [9.17, 15) is 10.1 Å². The minimum Gasteiger partial charge on any atom is -0.494 e. The Balaban J connectivity index is 1.65. The molecule has 30 heavy (non-hydrogen) atoms. The first-order chi connectivity index (χ1) is 14.5. The molecule has 4 rings (SSSR count). The van der Waals surface area contributed by atoms with Crippen LogP contribution in [0.15, 0.2) is 47.6 Å². The first-order valence-corrected chi connectivity index (χ1v) is 10.3. The second-order valence-corrected chi connectivity index (χ2v) is 7.70. The quantitative estimate of drug-likeness (QED) is 0.303. The van der Waals surface area contributed by atoms with E-state index < -0.39 is 5.25 Å². The minimum absolute atomic E-state index is 0.150. The molecule has 156 valence electrons. The Morgan fingerprint density at radius 2 is 1.97 bits per heavy atom. The van der Waals surface area contributed by atoms with Gasteiger partial charge in [-0.1, -0.05) is 17.8 Å². The van der Waals surface area contributed by atoms with Gasteiger partial charge in [0.15, 0.2) is 16.7 Å². The van der Waals surface area contributed by atoms with Crippen molar-refractivity contribution in [1.29, 1.82) is 0 Å². The molecule has 0 aliphatic carbocycles. The zero-order valence-electron chi connectivity index (χ0n) is 16.5. The van der Waals surface area contributed by atoms with Gasteiger partial charge in [0.1, 0.15) is 16.8 Å². The van der Waals surface area contributed by atoms with Gasteiger partial charge in [-0.2, -0.15) is 0 Å². The highest BCUT2D eigenvalue weighted by atomic mass is 32.2. The third kappa shape index (κ3) is 4.18. The lowest BCUT2D eigenvalue weighted by Crippen LogP contribution is -2.11. The predicted octanol–water partition coefficient (Wildman–Crippen LogP) is 3.81. The van der Waals surface area contributed by atoms with Crippen LogP contribution in [0.5, 0.6) is 17.2 Å². The van der Waals surface area contributed by atoms with Crippen molar-refractivity contribution < 1.29 is 19.1 Å². The van der Waals surface area contributed by atoms with Crippen molar-refractivity contribution >= 4 is 11.8 Å². The summed E-state index contributed by atoms with van der Waals surface area (Å²) in [6, 6.07) is 12.9. The smallest absolute Gasteiger partial charge is 0.231 e. The van der Waals surface area contributed by atoms with Crippen LogP contribution in [0.4, 0.5) is 0 Å². The number of hydrogen-bond donors (Lipinski definition) is 0. The number of benzene rings is 2. The van der Waals surface area contributed by atoms with E-state index >= 15 is 0 Å². The molecule has 1 atom stereocenters. The maximum absolute atomic E-state index is 11.3. The average molecular weight is 428 g/mol. The van der Waals surface area contributed by atoms with E-state index in [2.05, 4.69) is 10.2 Å². The standard InChI is InChI=1S/C20H20N4O5S/c1-3-27-16-7-5-15(6-8-16)24-13(2)21-22-20(24)30-19(11-23(25)26)14-4-9-17-18(10-14)29-12-28-17/h4-10,19H,3,11-12H2,1-2H3/t19-/m1/s1.